The van der Waals surface area contributed by atoms with Crippen LogP contribution >= 0.6 is 0 Å². The van der Waals surface area contributed by atoms with Crippen LogP contribution in [0.5, 0.6) is 0 Å². The number of nitrogens with zero attached hydrogens (tertiary/aromatic N) is 7. The number of aliphatic hydroxyl groups is 1. The van der Waals surface area contributed by atoms with Crippen LogP contribution in [0.15, 0.2) is 36.8 Å². The molecule has 1 aromatic carbocycles. The standard InChI is InChI=1S/C21H23N7O/c1-4-13-5-7-14(8-6-13)19-16(9-24-26(19)2)18-17-20(27(3)25-18)22-12-23-21(17)28-10-15(29)11-28/h5-9,12,15,29H,4,10-11H2,1-3H3. The molecule has 4 aromatic rings. The van der Waals surface area contributed by atoms with E-state index in [0.717, 1.165) is 45.8 Å². The number of benzene rings is 1. The van der Waals surface area contributed by atoms with E-state index in [9.17, 15) is 5.11 Å². The van der Waals surface area contributed by atoms with Crippen LogP contribution in [0.4, 0.5) is 5.82 Å². The fourth-order valence-corrected chi connectivity index (χ4v) is 3.98. The van der Waals surface area contributed by atoms with Gasteiger partial charge in [0.15, 0.2) is 5.65 Å². The molecule has 8 heteroatoms. The van der Waals surface area contributed by atoms with Crippen molar-refractivity contribution in [3.8, 4) is 22.5 Å². The zero-order valence-electron chi connectivity index (χ0n) is 16.7. The summed E-state index contributed by atoms with van der Waals surface area (Å²) in [7, 11) is 3.83. The van der Waals surface area contributed by atoms with Crippen molar-refractivity contribution in [1.82, 2.24) is 29.5 Å². The van der Waals surface area contributed by atoms with Crippen molar-refractivity contribution in [3.05, 3.63) is 42.4 Å². The van der Waals surface area contributed by atoms with Crippen molar-refractivity contribution in [2.75, 3.05) is 18.0 Å². The Morgan fingerprint density at radius 2 is 1.83 bits per heavy atom. The maximum absolute atomic E-state index is 9.76. The van der Waals surface area contributed by atoms with Crippen LogP contribution in [-0.4, -0.2) is 53.8 Å². The summed E-state index contributed by atoms with van der Waals surface area (Å²) in [5.41, 5.74) is 5.91. The summed E-state index contributed by atoms with van der Waals surface area (Å²) in [4.78, 5) is 11.0. The molecule has 29 heavy (non-hydrogen) atoms. The van der Waals surface area contributed by atoms with Gasteiger partial charge in [0, 0.05) is 38.3 Å². The summed E-state index contributed by atoms with van der Waals surface area (Å²) >= 11 is 0. The Hall–Kier alpha value is -3.26. The number of hydrogen-bond acceptors (Lipinski definition) is 6. The van der Waals surface area contributed by atoms with Crippen LogP contribution < -0.4 is 4.90 Å². The lowest BCUT2D eigenvalue weighted by Gasteiger charge is -2.37. The fourth-order valence-electron chi connectivity index (χ4n) is 3.98. The van der Waals surface area contributed by atoms with E-state index in [1.807, 2.05) is 25.0 Å². The summed E-state index contributed by atoms with van der Waals surface area (Å²) in [5.74, 6) is 0.805. The third-order valence-corrected chi connectivity index (χ3v) is 5.59. The molecule has 0 radical (unpaired) electrons. The highest BCUT2D eigenvalue weighted by atomic mass is 16.3. The molecule has 0 bridgehead atoms. The summed E-state index contributed by atoms with van der Waals surface area (Å²) in [5, 5.41) is 20.0. The molecular weight excluding hydrogens is 366 g/mol. The van der Waals surface area contributed by atoms with Gasteiger partial charge in [0.2, 0.25) is 0 Å². The molecule has 0 amide bonds. The topological polar surface area (TPSA) is 84.9 Å². The molecule has 1 saturated heterocycles. The highest BCUT2D eigenvalue weighted by Crippen LogP contribution is 2.38. The average Bonchev–Trinajstić information content (AvgIpc) is 3.26. The zero-order valence-corrected chi connectivity index (χ0v) is 16.7. The molecular formula is C21H23N7O. The van der Waals surface area contributed by atoms with Crippen molar-refractivity contribution in [2.24, 2.45) is 14.1 Å². The Bertz CT molecular complexity index is 1190. The maximum Gasteiger partial charge on any atom is 0.163 e. The quantitative estimate of drug-likeness (QED) is 0.576. The van der Waals surface area contributed by atoms with Crippen molar-refractivity contribution in [3.63, 3.8) is 0 Å². The van der Waals surface area contributed by atoms with Crippen LogP contribution in [0.3, 0.4) is 0 Å². The number of hydrogen-bond donors (Lipinski definition) is 1. The molecule has 1 fully saturated rings. The van der Waals surface area contributed by atoms with Gasteiger partial charge in [-0.3, -0.25) is 4.68 Å². The number of aryl methyl sites for hydroxylation is 3. The number of aliphatic hydroxyl groups excluding tert-OH is 1. The van der Waals surface area contributed by atoms with Crippen molar-refractivity contribution in [2.45, 2.75) is 19.4 Å². The van der Waals surface area contributed by atoms with Gasteiger partial charge in [0.05, 0.1) is 23.4 Å². The van der Waals surface area contributed by atoms with Gasteiger partial charge in [-0.15, -0.1) is 0 Å². The van der Waals surface area contributed by atoms with Crippen LogP contribution in [-0.2, 0) is 20.5 Å². The first-order valence-corrected chi connectivity index (χ1v) is 9.79. The van der Waals surface area contributed by atoms with Gasteiger partial charge in [-0.05, 0) is 12.0 Å². The summed E-state index contributed by atoms with van der Waals surface area (Å²) in [6.07, 6.45) is 4.10. The molecule has 3 aromatic heterocycles. The van der Waals surface area contributed by atoms with E-state index in [1.54, 1.807) is 11.0 Å². The minimum absolute atomic E-state index is 0.314. The Morgan fingerprint density at radius 1 is 1.07 bits per heavy atom. The lowest BCUT2D eigenvalue weighted by atomic mass is 10.0. The predicted molar refractivity (Wildman–Crippen MR) is 112 cm³/mol. The molecule has 8 nitrogen and oxygen atoms in total. The van der Waals surface area contributed by atoms with Gasteiger partial charge >= 0.3 is 0 Å². The van der Waals surface area contributed by atoms with E-state index in [1.165, 1.54) is 5.56 Å². The van der Waals surface area contributed by atoms with E-state index in [2.05, 4.69) is 51.2 Å². The molecule has 1 aliphatic rings. The van der Waals surface area contributed by atoms with Gasteiger partial charge in [-0.2, -0.15) is 10.2 Å². The molecule has 4 heterocycles. The minimum Gasteiger partial charge on any atom is -0.389 e. The third-order valence-electron chi connectivity index (χ3n) is 5.59. The fraction of sp³-hybridized carbons (Fsp3) is 0.333. The second kappa shape index (κ2) is 6.66. The minimum atomic E-state index is -0.314. The lowest BCUT2D eigenvalue weighted by molar-refractivity contribution is 0.141. The number of β-amino-alcohol motifs (C(OH)–C–C–N with tert-alkyl or cyclic N) is 1. The molecule has 148 valence electrons. The monoisotopic (exact) mass is 389 g/mol. The van der Waals surface area contributed by atoms with Crippen LogP contribution in [0.2, 0.25) is 0 Å². The Balaban J connectivity index is 1.71. The Labute approximate surface area is 168 Å². The summed E-state index contributed by atoms with van der Waals surface area (Å²) < 4.78 is 3.66. The normalized spacial score (nSPS) is 14.6. The van der Waals surface area contributed by atoms with E-state index in [-0.39, 0.29) is 6.10 Å². The van der Waals surface area contributed by atoms with Crippen LogP contribution in [0.1, 0.15) is 12.5 Å². The number of rotatable bonds is 4. The maximum atomic E-state index is 9.76. The lowest BCUT2D eigenvalue weighted by Crippen LogP contribution is -2.51. The average molecular weight is 389 g/mol. The smallest absolute Gasteiger partial charge is 0.163 e. The molecule has 5 rings (SSSR count). The van der Waals surface area contributed by atoms with Crippen molar-refractivity contribution in [1.29, 1.82) is 0 Å². The summed E-state index contributed by atoms with van der Waals surface area (Å²) in [6, 6.07) is 8.57. The number of aromatic nitrogens is 6. The van der Waals surface area contributed by atoms with Crippen molar-refractivity contribution < 1.29 is 5.11 Å². The zero-order chi connectivity index (χ0) is 20.1. The third kappa shape index (κ3) is 2.79. The van der Waals surface area contributed by atoms with Crippen LogP contribution in [0, 0.1) is 0 Å². The Morgan fingerprint density at radius 3 is 2.52 bits per heavy atom. The highest BCUT2D eigenvalue weighted by Gasteiger charge is 2.30. The van der Waals surface area contributed by atoms with Gasteiger partial charge in [0.1, 0.15) is 17.8 Å². The van der Waals surface area contributed by atoms with E-state index < -0.39 is 0 Å². The highest BCUT2D eigenvalue weighted by molar-refractivity contribution is 6.02. The molecule has 1 aliphatic heterocycles. The second-order valence-electron chi connectivity index (χ2n) is 7.51. The first kappa shape index (κ1) is 17.8. The molecule has 0 unspecified atom stereocenters. The second-order valence-corrected chi connectivity index (χ2v) is 7.51. The van der Waals surface area contributed by atoms with Gasteiger partial charge in [0.25, 0.3) is 0 Å². The van der Waals surface area contributed by atoms with Crippen LogP contribution in [0.25, 0.3) is 33.5 Å². The molecule has 1 N–H and O–H groups in total. The molecule has 0 atom stereocenters. The van der Waals surface area contributed by atoms with E-state index in [4.69, 9.17) is 5.10 Å². The van der Waals surface area contributed by atoms with E-state index in [0.29, 0.717) is 13.1 Å². The van der Waals surface area contributed by atoms with Gasteiger partial charge in [-0.25, -0.2) is 14.6 Å². The first-order chi connectivity index (χ1) is 14.1. The largest absolute Gasteiger partial charge is 0.389 e. The molecule has 0 spiro atoms. The van der Waals surface area contributed by atoms with Gasteiger partial charge in [-0.1, -0.05) is 31.2 Å². The van der Waals surface area contributed by atoms with Gasteiger partial charge < -0.3 is 10.0 Å². The Kier molecular flexibility index (Phi) is 4.09. The van der Waals surface area contributed by atoms with E-state index >= 15 is 0 Å². The number of anilines is 1. The van der Waals surface area contributed by atoms with Crippen molar-refractivity contribution >= 4 is 16.9 Å². The number of fused-ring (bicyclic) bond motifs is 1. The SMILES string of the molecule is CCc1ccc(-c2c(-c3nn(C)c4ncnc(N5CC(O)C5)c34)cnn2C)cc1. The molecule has 0 saturated carbocycles. The predicted octanol–water partition coefficient (Wildman–Crippen LogP) is 2.17. The molecule has 0 aliphatic carbocycles. The first-order valence-electron chi connectivity index (χ1n) is 9.79. The summed E-state index contributed by atoms with van der Waals surface area (Å²) in [6.45, 7) is 3.29.